The van der Waals surface area contributed by atoms with Crippen LogP contribution in [0.2, 0.25) is 5.02 Å². The van der Waals surface area contributed by atoms with Crippen molar-refractivity contribution in [1.29, 1.82) is 0 Å². The fraction of sp³-hybridized carbons (Fsp3) is 0.400. The summed E-state index contributed by atoms with van der Waals surface area (Å²) in [6.07, 6.45) is 3.06. The molecular formula is C10H12ClN3O2. The zero-order valence-electron chi connectivity index (χ0n) is 8.52. The molecule has 3 N–H and O–H groups in total. The number of anilines is 1. The van der Waals surface area contributed by atoms with Gasteiger partial charge in [0.05, 0.1) is 36.0 Å². The molecule has 0 aliphatic carbocycles. The predicted octanol–water partition coefficient (Wildman–Crippen LogP) is 0.647. The van der Waals surface area contributed by atoms with Gasteiger partial charge in [0, 0.05) is 12.2 Å². The molecule has 6 heteroatoms. The van der Waals surface area contributed by atoms with Gasteiger partial charge in [-0.05, 0) is 6.07 Å². The third kappa shape index (κ3) is 2.32. The zero-order chi connectivity index (χ0) is 11.5. The number of rotatable bonds is 2. The maximum absolute atomic E-state index is 11.8. The molecule has 1 fully saturated rings. The molecule has 1 aliphatic rings. The number of nitrogens with one attached hydrogen (secondary N) is 1. The number of pyridine rings is 1. The Morgan fingerprint density at radius 1 is 1.62 bits per heavy atom. The number of carbonyl (C=O) groups excluding carboxylic acids is 1. The molecule has 1 amide bonds. The molecule has 1 saturated heterocycles. The maximum Gasteiger partial charge on any atom is 0.231 e. The van der Waals surface area contributed by atoms with Gasteiger partial charge in [0.2, 0.25) is 5.91 Å². The summed E-state index contributed by atoms with van der Waals surface area (Å²) in [4.78, 5) is 15.7. The Labute approximate surface area is 97.9 Å². The van der Waals surface area contributed by atoms with Crippen molar-refractivity contribution in [3.8, 4) is 0 Å². The summed E-state index contributed by atoms with van der Waals surface area (Å²) in [5, 5.41) is 3.14. The fourth-order valence-electron chi connectivity index (χ4n) is 1.54. The Morgan fingerprint density at radius 3 is 3.06 bits per heavy atom. The van der Waals surface area contributed by atoms with Crippen LogP contribution >= 0.6 is 11.6 Å². The molecule has 16 heavy (non-hydrogen) atoms. The first kappa shape index (κ1) is 11.3. The first-order chi connectivity index (χ1) is 7.68. The van der Waals surface area contributed by atoms with Crippen molar-refractivity contribution in [3.63, 3.8) is 0 Å². The van der Waals surface area contributed by atoms with Crippen LogP contribution in [0, 0.1) is 5.92 Å². The average molecular weight is 242 g/mol. The molecule has 0 saturated carbocycles. The van der Waals surface area contributed by atoms with Gasteiger partial charge in [-0.3, -0.25) is 9.78 Å². The van der Waals surface area contributed by atoms with Crippen LogP contribution in [0.3, 0.4) is 0 Å². The molecule has 1 aromatic heterocycles. The molecule has 0 radical (unpaired) electrons. The van der Waals surface area contributed by atoms with Crippen LogP contribution in [0.4, 0.5) is 5.69 Å². The van der Waals surface area contributed by atoms with Crippen molar-refractivity contribution in [2.45, 2.75) is 6.04 Å². The standard InChI is InChI=1S/C10H12ClN3O2/c11-7-1-2-13-3-9(7)14-10(15)6-4-16-5-8(6)12/h1-3,6,8H,4-5,12H2,(H,14,15). The van der Waals surface area contributed by atoms with Crippen LogP contribution in [0.25, 0.3) is 0 Å². The first-order valence-corrected chi connectivity index (χ1v) is 5.30. The Balaban J connectivity index is 2.05. The number of halogens is 1. The lowest BCUT2D eigenvalue weighted by Gasteiger charge is -2.13. The van der Waals surface area contributed by atoms with E-state index in [0.717, 1.165) is 0 Å². The van der Waals surface area contributed by atoms with Crippen molar-refractivity contribution in [2.75, 3.05) is 18.5 Å². The summed E-state index contributed by atoms with van der Waals surface area (Å²) in [5.74, 6) is -0.504. The van der Waals surface area contributed by atoms with Crippen molar-refractivity contribution < 1.29 is 9.53 Å². The van der Waals surface area contributed by atoms with Crippen LogP contribution < -0.4 is 11.1 Å². The van der Waals surface area contributed by atoms with E-state index in [9.17, 15) is 4.79 Å². The number of ether oxygens (including phenoxy) is 1. The molecular weight excluding hydrogens is 230 g/mol. The highest BCUT2D eigenvalue weighted by molar-refractivity contribution is 6.33. The minimum absolute atomic E-state index is 0.181. The molecule has 0 spiro atoms. The lowest BCUT2D eigenvalue weighted by Crippen LogP contribution is -2.37. The summed E-state index contributed by atoms with van der Waals surface area (Å²) in [6, 6.07) is 1.36. The van der Waals surface area contributed by atoms with E-state index in [1.54, 1.807) is 12.3 Å². The Hall–Kier alpha value is -1.17. The van der Waals surface area contributed by atoms with E-state index in [1.165, 1.54) is 6.20 Å². The largest absolute Gasteiger partial charge is 0.379 e. The molecule has 2 atom stereocenters. The molecule has 86 valence electrons. The smallest absolute Gasteiger partial charge is 0.231 e. The summed E-state index contributed by atoms with van der Waals surface area (Å²) < 4.78 is 5.12. The number of nitrogens with two attached hydrogens (primary N) is 1. The summed E-state index contributed by atoms with van der Waals surface area (Å²) >= 11 is 5.89. The number of hydrogen-bond acceptors (Lipinski definition) is 4. The number of amides is 1. The van der Waals surface area contributed by atoms with Crippen molar-refractivity contribution in [2.24, 2.45) is 11.7 Å². The lowest BCUT2D eigenvalue weighted by molar-refractivity contribution is -0.120. The Morgan fingerprint density at radius 2 is 2.44 bits per heavy atom. The lowest BCUT2D eigenvalue weighted by atomic mass is 10.0. The van der Waals surface area contributed by atoms with Gasteiger partial charge in [0.25, 0.3) is 0 Å². The Kier molecular flexibility index (Phi) is 3.38. The molecule has 5 nitrogen and oxygen atoms in total. The van der Waals surface area contributed by atoms with Crippen molar-refractivity contribution in [3.05, 3.63) is 23.5 Å². The molecule has 2 unspecified atom stereocenters. The number of nitrogens with zero attached hydrogens (tertiary/aromatic N) is 1. The molecule has 0 aromatic carbocycles. The summed E-state index contributed by atoms with van der Waals surface area (Å²) in [7, 11) is 0. The second-order valence-corrected chi connectivity index (χ2v) is 4.06. The van der Waals surface area contributed by atoms with Crippen LogP contribution in [-0.4, -0.2) is 30.1 Å². The molecule has 0 bridgehead atoms. The predicted molar refractivity (Wildman–Crippen MR) is 60.2 cm³/mol. The molecule has 1 aliphatic heterocycles. The molecule has 2 rings (SSSR count). The van der Waals surface area contributed by atoms with Crippen LogP contribution in [0.5, 0.6) is 0 Å². The van der Waals surface area contributed by atoms with Gasteiger partial charge in [-0.15, -0.1) is 0 Å². The van der Waals surface area contributed by atoms with Gasteiger partial charge < -0.3 is 15.8 Å². The fourth-order valence-corrected chi connectivity index (χ4v) is 1.69. The van der Waals surface area contributed by atoms with Crippen LogP contribution in [-0.2, 0) is 9.53 Å². The van der Waals surface area contributed by atoms with E-state index in [1.807, 2.05) is 0 Å². The summed E-state index contributed by atoms with van der Waals surface area (Å²) in [5.41, 5.74) is 6.23. The molecule has 2 heterocycles. The second-order valence-electron chi connectivity index (χ2n) is 3.65. The third-order valence-electron chi connectivity index (χ3n) is 2.49. The van der Waals surface area contributed by atoms with E-state index >= 15 is 0 Å². The SMILES string of the molecule is NC1COCC1C(=O)Nc1cnccc1Cl. The molecule has 1 aromatic rings. The maximum atomic E-state index is 11.8. The Bertz CT molecular complexity index is 399. The van der Waals surface area contributed by atoms with Crippen LogP contribution in [0.15, 0.2) is 18.5 Å². The highest BCUT2D eigenvalue weighted by Gasteiger charge is 2.31. The van der Waals surface area contributed by atoms with Gasteiger partial charge in [0.15, 0.2) is 0 Å². The number of aromatic nitrogens is 1. The highest BCUT2D eigenvalue weighted by atomic mass is 35.5. The monoisotopic (exact) mass is 241 g/mol. The van der Waals surface area contributed by atoms with Gasteiger partial charge in [-0.1, -0.05) is 11.6 Å². The van der Waals surface area contributed by atoms with Gasteiger partial charge in [-0.2, -0.15) is 0 Å². The van der Waals surface area contributed by atoms with Crippen molar-refractivity contribution >= 4 is 23.2 Å². The minimum Gasteiger partial charge on any atom is -0.379 e. The topological polar surface area (TPSA) is 77.2 Å². The second kappa shape index (κ2) is 4.78. The van der Waals surface area contributed by atoms with Gasteiger partial charge in [-0.25, -0.2) is 0 Å². The third-order valence-corrected chi connectivity index (χ3v) is 2.82. The number of carbonyl (C=O) groups is 1. The van der Waals surface area contributed by atoms with Gasteiger partial charge >= 0.3 is 0 Å². The van der Waals surface area contributed by atoms with E-state index < -0.39 is 0 Å². The number of hydrogen-bond donors (Lipinski definition) is 2. The van der Waals surface area contributed by atoms with E-state index in [4.69, 9.17) is 22.1 Å². The normalized spacial score (nSPS) is 24.4. The van der Waals surface area contributed by atoms with E-state index in [0.29, 0.717) is 23.9 Å². The van der Waals surface area contributed by atoms with Crippen molar-refractivity contribution in [1.82, 2.24) is 4.98 Å². The van der Waals surface area contributed by atoms with E-state index in [-0.39, 0.29) is 17.9 Å². The zero-order valence-corrected chi connectivity index (χ0v) is 9.28. The highest BCUT2D eigenvalue weighted by Crippen LogP contribution is 2.21. The first-order valence-electron chi connectivity index (χ1n) is 4.92. The quantitative estimate of drug-likeness (QED) is 0.797. The minimum atomic E-state index is -0.323. The average Bonchev–Trinajstić information content (AvgIpc) is 2.68. The summed E-state index contributed by atoms with van der Waals surface area (Å²) in [6.45, 7) is 0.768. The van der Waals surface area contributed by atoms with Gasteiger partial charge in [0.1, 0.15) is 0 Å². The van der Waals surface area contributed by atoms with Crippen LogP contribution in [0.1, 0.15) is 0 Å². The van der Waals surface area contributed by atoms with E-state index in [2.05, 4.69) is 10.3 Å².